The van der Waals surface area contributed by atoms with E-state index in [2.05, 4.69) is 0 Å². The van der Waals surface area contributed by atoms with Gasteiger partial charge in [-0.05, 0) is 36.4 Å². The van der Waals surface area contributed by atoms with Crippen LogP contribution in [0.1, 0.15) is 13.3 Å². The van der Waals surface area contributed by atoms with Crippen molar-refractivity contribution < 1.29 is 14.1 Å². The number of nitro groups is 1. The molecule has 2 rings (SSSR count). The first-order valence-electron chi connectivity index (χ1n) is 6.36. The van der Waals surface area contributed by atoms with E-state index in [4.69, 9.17) is 0 Å². The summed E-state index contributed by atoms with van der Waals surface area (Å²) in [4.78, 5) is 23.7. The molecule has 108 valence electrons. The molecule has 0 saturated heterocycles. The minimum absolute atomic E-state index is 0.0539. The van der Waals surface area contributed by atoms with E-state index in [1.165, 1.54) is 53.4 Å². The Labute approximate surface area is 120 Å². The number of benzene rings is 2. The number of carbonyl (C=O) groups is 1. The molecule has 1 amide bonds. The van der Waals surface area contributed by atoms with E-state index < -0.39 is 10.7 Å². The molecule has 0 heterocycles. The third kappa shape index (κ3) is 3.22. The van der Waals surface area contributed by atoms with Crippen molar-refractivity contribution in [1.82, 2.24) is 0 Å². The van der Waals surface area contributed by atoms with Gasteiger partial charge in [0.2, 0.25) is 5.91 Å². The molecule has 5 nitrogen and oxygen atoms in total. The average molecular weight is 288 g/mol. The molecule has 0 radical (unpaired) electrons. The Hall–Kier alpha value is -2.76. The first-order valence-corrected chi connectivity index (χ1v) is 6.36. The van der Waals surface area contributed by atoms with Crippen molar-refractivity contribution >= 4 is 23.0 Å². The van der Waals surface area contributed by atoms with Crippen molar-refractivity contribution in [3.63, 3.8) is 0 Å². The molecule has 0 unspecified atom stereocenters. The van der Waals surface area contributed by atoms with Gasteiger partial charge in [-0.15, -0.1) is 0 Å². The van der Waals surface area contributed by atoms with Gasteiger partial charge in [0.1, 0.15) is 5.82 Å². The van der Waals surface area contributed by atoms with Gasteiger partial charge < -0.3 is 0 Å². The van der Waals surface area contributed by atoms with Gasteiger partial charge in [0.25, 0.3) is 5.69 Å². The summed E-state index contributed by atoms with van der Waals surface area (Å²) >= 11 is 0. The van der Waals surface area contributed by atoms with Crippen molar-refractivity contribution in [3.8, 4) is 0 Å². The van der Waals surface area contributed by atoms with Crippen LogP contribution in [0.3, 0.4) is 0 Å². The van der Waals surface area contributed by atoms with Crippen molar-refractivity contribution in [2.24, 2.45) is 0 Å². The third-order valence-electron chi connectivity index (χ3n) is 2.96. The smallest absolute Gasteiger partial charge is 0.269 e. The highest BCUT2D eigenvalue weighted by Gasteiger charge is 2.17. The van der Waals surface area contributed by atoms with Crippen LogP contribution in [0.15, 0.2) is 48.5 Å². The zero-order valence-corrected chi connectivity index (χ0v) is 11.3. The molecule has 0 spiro atoms. The molecule has 21 heavy (non-hydrogen) atoms. The standard InChI is InChI=1S/C15H13FN2O3/c1-2-15(19)17(12-5-3-11(16)4-6-12)13-7-9-14(10-8-13)18(20)21/h3-10H,2H2,1H3. The van der Waals surface area contributed by atoms with Crippen LogP contribution in [0, 0.1) is 15.9 Å². The number of anilines is 2. The number of amides is 1. The monoisotopic (exact) mass is 288 g/mol. The van der Waals surface area contributed by atoms with Crippen LogP contribution in [-0.2, 0) is 4.79 Å². The van der Waals surface area contributed by atoms with Crippen LogP contribution in [0.4, 0.5) is 21.5 Å². The minimum Gasteiger partial charge on any atom is -0.281 e. The first kappa shape index (κ1) is 14.6. The predicted octanol–water partition coefficient (Wildman–Crippen LogP) is 3.81. The van der Waals surface area contributed by atoms with Crippen LogP contribution in [-0.4, -0.2) is 10.8 Å². The van der Waals surface area contributed by atoms with Gasteiger partial charge in [-0.2, -0.15) is 0 Å². The second-order valence-electron chi connectivity index (χ2n) is 4.33. The van der Waals surface area contributed by atoms with Gasteiger partial charge in [-0.1, -0.05) is 6.92 Å². The highest BCUT2D eigenvalue weighted by Crippen LogP contribution is 2.28. The van der Waals surface area contributed by atoms with Crippen LogP contribution >= 0.6 is 0 Å². The van der Waals surface area contributed by atoms with E-state index in [0.29, 0.717) is 11.4 Å². The number of halogens is 1. The lowest BCUT2D eigenvalue weighted by Gasteiger charge is -2.22. The topological polar surface area (TPSA) is 63.5 Å². The molecule has 0 aliphatic rings. The Morgan fingerprint density at radius 1 is 1.10 bits per heavy atom. The number of rotatable bonds is 4. The van der Waals surface area contributed by atoms with Crippen LogP contribution in [0.2, 0.25) is 0 Å². The zero-order chi connectivity index (χ0) is 15.4. The molecule has 2 aromatic carbocycles. The van der Waals surface area contributed by atoms with E-state index in [9.17, 15) is 19.3 Å². The second-order valence-corrected chi connectivity index (χ2v) is 4.33. The fourth-order valence-electron chi connectivity index (χ4n) is 1.91. The van der Waals surface area contributed by atoms with Gasteiger partial charge >= 0.3 is 0 Å². The molecule has 0 aliphatic heterocycles. The van der Waals surface area contributed by atoms with Gasteiger partial charge in [-0.25, -0.2) is 4.39 Å². The van der Waals surface area contributed by atoms with Crippen LogP contribution in [0.25, 0.3) is 0 Å². The maximum absolute atomic E-state index is 13.0. The van der Waals surface area contributed by atoms with E-state index in [0.717, 1.165) is 0 Å². The average Bonchev–Trinajstić information content (AvgIpc) is 2.49. The Bertz CT molecular complexity index is 654. The number of nitro benzene ring substituents is 1. The van der Waals surface area contributed by atoms with Crippen molar-refractivity contribution in [1.29, 1.82) is 0 Å². The summed E-state index contributed by atoms with van der Waals surface area (Å²) in [5, 5.41) is 10.7. The van der Waals surface area contributed by atoms with Crippen molar-refractivity contribution in [2.75, 3.05) is 4.90 Å². The van der Waals surface area contributed by atoms with E-state index >= 15 is 0 Å². The second kappa shape index (κ2) is 6.13. The van der Waals surface area contributed by atoms with Crippen molar-refractivity contribution in [2.45, 2.75) is 13.3 Å². The van der Waals surface area contributed by atoms with E-state index in [1.54, 1.807) is 6.92 Å². The Kier molecular flexibility index (Phi) is 4.27. The van der Waals surface area contributed by atoms with Gasteiger partial charge in [0, 0.05) is 29.9 Å². The van der Waals surface area contributed by atoms with Crippen LogP contribution in [0.5, 0.6) is 0 Å². The predicted molar refractivity (Wildman–Crippen MR) is 76.9 cm³/mol. The number of carbonyl (C=O) groups excluding carboxylic acids is 1. The van der Waals surface area contributed by atoms with Crippen LogP contribution < -0.4 is 4.90 Å². The molecular weight excluding hydrogens is 275 g/mol. The summed E-state index contributed by atoms with van der Waals surface area (Å²) in [6.07, 6.45) is 0.258. The lowest BCUT2D eigenvalue weighted by Crippen LogP contribution is -2.24. The lowest BCUT2D eigenvalue weighted by atomic mass is 10.2. The first-order chi connectivity index (χ1) is 10.0. The summed E-state index contributed by atoms with van der Waals surface area (Å²) in [6, 6.07) is 11.1. The third-order valence-corrected chi connectivity index (χ3v) is 2.96. The summed E-state index contributed by atoms with van der Waals surface area (Å²) in [5.41, 5.74) is 0.956. The Morgan fingerprint density at radius 3 is 2.00 bits per heavy atom. The molecule has 0 atom stereocenters. The summed E-state index contributed by atoms with van der Waals surface area (Å²) in [7, 11) is 0. The van der Waals surface area contributed by atoms with Gasteiger partial charge in [0.15, 0.2) is 0 Å². The summed E-state index contributed by atoms with van der Waals surface area (Å²) in [5.74, 6) is -0.582. The minimum atomic E-state index is -0.506. The fourth-order valence-corrected chi connectivity index (χ4v) is 1.91. The van der Waals surface area contributed by atoms with Crippen molar-refractivity contribution in [3.05, 3.63) is 64.5 Å². The molecule has 0 aliphatic carbocycles. The van der Waals surface area contributed by atoms with Gasteiger partial charge in [0.05, 0.1) is 4.92 Å². The Balaban J connectivity index is 2.42. The normalized spacial score (nSPS) is 10.2. The van der Waals surface area contributed by atoms with E-state index in [1.807, 2.05) is 0 Å². The lowest BCUT2D eigenvalue weighted by molar-refractivity contribution is -0.384. The zero-order valence-electron chi connectivity index (χ0n) is 11.3. The molecule has 0 fully saturated rings. The number of nitrogens with zero attached hydrogens (tertiary/aromatic N) is 2. The van der Waals surface area contributed by atoms with E-state index in [-0.39, 0.29) is 18.0 Å². The molecule has 6 heteroatoms. The molecule has 0 saturated carbocycles. The molecule has 2 aromatic rings. The van der Waals surface area contributed by atoms with Gasteiger partial charge in [-0.3, -0.25) is 19.8 Å². The maximum atomic E-state index is 13.0. The largest absolute Gasteiger partial charge is 0.281 e. The number of hydrogen-bond acceptors (Lipinski definition) is 3. The SMILES string of the molecule is CCC(=O)N(c1ccc(F)cc1)c1ccc([N+](=O)[O-])cc1. The number of hydrogen-bond donors (Lipinski definition) is 0. The number of non-ortho nitro benzene ring substituents is 1. The quantitative estimate of drug-likeness (QED) is 0.634. The highest BCUT2D eigenvalue weighted by atomic mass is 19.1. The fraction of sp³-hybridized carbons (Fsp3) is 0.133. The molecule has 0 aromatic heterocycles. The molecule has 0 bridgehead atoms. The molecule has 0 N–H and O–H groups in total. The summed E-state index contributed by atoms with van der Waals surface area (Å²) in [6.45, 7) is 1.71. The maximum Gasteiger partial charge on any atom is 0.269 e. The highest BCUT2D eigenvalue weighted by molar-refractivity contribution is 6.00. The molecular formula is C15H13FN2O3. The summed E-state index contributed by atoms with van der Waals surface area (Å²) < 4.78 is 13.0. The Morgan fingerprint density at radius 2 is 1.57 bits per heavy atom.